The van der Waals surface area contributed by atoms with E-state index in [1.807, 2.05) is 12.1 Å². The maximum atomic E-state index is 11.7. The summed E-state index contributed by atoms with van der Waals surface area (Å²) in [4.78, 5) is 10.4. The van der Waals surface area contributed by atoms with E-state index in [1.54, 1.807) is 12.1 Å². The van der Waals surface area contributed by atoms with Gasteiger partial charge in [0.05, 0.1) is 12.2 Å². The number of hydrogen-bond acceptors (Lipinski definition) is 4. The van der Waals surface area contributed by atoms with Gasteiger partial charge in [-0.2, -0.15) is 0 Å². The number of halogens is 1. The van der Waals surface area contributed by atoms with Crippen molar-refractivity contribution in [2.24, 2.45) is 0 Å². The average molecular weight is 366 g/mol. The van der Waals surface area contributed by atoms with Crippen molar-refractivity contribution in [3.8, 4) is 5.75 Å². The highest BCUT2D eigenvalue weighted by molar-refractivity contribution is 9.10. The Kier molecular flexibility index (Phi) is 6.44. The number of likely N-dealkylation sites (N-methyl/N-ethyl adjacent to an activating group) is 1. The standard InChI is InChI=1S/C12H16BrNO5S/c1-14(20(17,18)9-6-12(15)16)7-8-19-11-4-2-10(13)3-5-11/h2-5H,6-9H2,1H3,(H,15,16). The molecule has 0 amide bonds. The lowest BCUT2D eigenvalue weighted by Gasteiger charge is -2.16. The van der Waals surface area contributed by atoms with E-state index in [0.29, 0.717) is 5.75 Å². The van der Waals surface area contributed by atoms with E-state index < -0.39 is 28.2 Å². The van der Waals surface area contributed by atoms with E-state index in [0.717, 1.165) is 8.78 Å². The molecule has 0 saturated carbocycles. The fourth-order valence-corrected chi connectivity index (χ4v) is 2.70. The fourth-order valence-electron chi connectivity index (χ4n) is 1.33. The monoisotopic (exact) mass is 365 g/mol. The first-order valence-corrected chi connectivity index (χ1v) is 8.25. The highest BCUT2D eigenvalue weighted by Crippen LogP contribution is 2.16. The minimum absolute atomic E-state index is 0.165. The van der Waals surface area contributed by atoms with Crippen molar-refractivity contribution in [1.29, 1.82) is 0 Å². The molecule has 0 bridgehead atoms. The van der Waals surface area contributed by atoms with Crippen molar-refractivity contribution < 1.29 is 23.1 Å². The van der Waals surface area contributed by atoms with Gasteiger partial charge in [0, 0.05) is 18.1 Å². The van der Waals surface area contributed by atoms with Crippen LogP contribution in [-0.4, -0.2) is 49.8 Å². The Morgan fingerprint density at radius 2 is 1.95 bits per heavy atom. The summed E-state index contributed by atoms with van der Waals surface area (Å²) < 4.78 is 30.9. The van der Waals surface area contributed by atoms with Crippen LogP contribution in [0, 0.1) is 0 Å². The van der Waals surface area contributed by atoms with Crippen LogP contribution in [0.2, 0.25) is 0 Å². The second-order valence-corrected chi connectivity index (χ2v) is 7.19. The zero-order valence-electron chi connectivity index (χ0n) is 11.0. The summed E-state index contributed by atoms with van der Waals surface area (Å²) in [5, 5.41) is 8.49. The van der Waals surface area contributed by atoms with Gasteiger partial charge in [0.1, 0.15) is 12.4 Å². The Bertz CT molecular complexity index is 543. The molecule has 1 aromatic carbocycles. The lowest BCUT2D eigenvalue weighted by Crippen LogP contribution is -2.33. The number of aliphatic carboxylic acids is 1. The number of ether oxygens (including phenoxy) is 1. The maximum absolute atomic E-state index is 11.7. The molecule has 1 rings (SSSR count). The van der Waals surface area contributed by atoms with Crippen molar-refractivity contribution in [3.63, 3.8) is 0 Å². The molecule has 0 heterocycles. The van der Waals surface area contributed by atoms with Gasteiger partial charge in [-0.15, -0.1) is 0 Å². The first-order valence-electron chi connectivity index (χ1n) is 5.85. The van der Waals surface area contributed by atoms with Crippen LogP contribution in [-0.2, 0) is 14.8 Å². The van der Waals surface area contributed by atoms with Crippen LogP contribution in [0.5, 0.6) is 5.75 Å². The molecule has 1 N–H and O–H groups in total. The molecule has 0 spiro atoms. The molecule has 1 aromatic rings. The Morgan fingerprint density at radius 1 is 1.35 bits per heavy atom. The lowest BCUT2D eigenvalue weighted by atomic mass is 10.3. The minimum Gasteiger partial charge on any atom is -0.492 e. The van der Waals surface area contributed by atoms with Gasteiger partial charge < -0.3 is 9.84 Å². The van der Waals surface area contributed by atoms with Crippen LogP contribution in [0.1, 0.15) is 6.42 Å². The smallest absolute Gasteiger partial charge is 0.304 e. The van der Waals surface area contributed by atoms with E-state index in [-0.39, 0.29) is 13.2 Å². The summed E-state index contributed by atoms with van der Waals surface area (Å²) >= 11 is 3.30. The van der Waals surface area contributed by atoms with Crippen LogP contribution in [0.25, 0.3) is 0 Å². The van der Waals surface area contributed by atoms with Crippen molar-refractivity contribution in [3.05, 3.63) is 28.7 Å². The van der Waals surface area contributed by atoms with E-state index in [1.165, 1.54) is 7.05 Å². The van der Waals surface area contributed by atoms with Gasteiger partial charge in [-0.1, -0.05) is 15.9 Å². The molecule has 20 heavy (non-hydrogen) atoms. The summed E-state index contributed by atoms with van der Waals surface area (Å²) in [5.74, 6) is -0.894. The molecule has 0 aliphatic carbocycles. The van der Waals surface area contributed by atoms with Gasteiger partial charge in [-0.05, 0) is 24.3 Å². The Balaban J connectivity index is 2.40. The van der Waals surface area contributed by atoms with Gasteiger partial charge in [-0.25, -0.2) is 12.7 Å². The summed E-state index contributed by atoms with van der Waals surface area (Å²) in [7, 11) is -2.15. The molecule has 0 aliphatic heterocycles. The fraction of sp³-hybridized carbons (Fsp3) is 0.417. The molecule has 0 fully saturated rings. The highest BCUT2D eigenvalue weighted by Gasteiger charge is 2.18. The molecular weight excluding hydrogens is 350 g/mol. The quantitative estimate of drug-likeness (QED) is 0.755. The van der Waals surface area contributed by atoms with Crippen LogP contribution in [0.4, 0.5) is 0 Å². The SMILES string of the molecule is CN(CCOc1ccc(Br)cc1)S(=O)(=O)CCC(=O)O. The summed E-state index contributed by atoms with van der Waals surface area (Å²) in [6, 6.07) is 7.18. The molecule has 8 heteroatoms. The topological polar surface area (TPSA) is 83.9 Å². The number of sulfonamides is 1. The summed E-state index contributed by atoms with van der Waals surface area (Å²) in [6.07, 6.45) is -0.403. The van der Waals surface area contributed by atoms with E-state index >= 15 is 0 Å². The molecule has 0 radical (unpaired) electrons. The highest BCUT2D eigenvalue weighted by atomic mass is 79.9. The first-order chi connectivity index (χ1) is 9.31. The molecular formula is C12H16BrNO5S. The number of rotatable bonds is 8. The van der Waals surface area contributed by atoms with E-state index in [4.69, 9.17) is 9.84 Å². The Morgan fingerprint density at radius 3 is 2.50 bits per heavy atom. The predicted octanol–water partition coefficient (Wildman–Crippen LogP) is 1.56. The number of carboxylic acids is 1. The molecule has 6 nitrogen and oxygen atoms in total. The summed E-state index contributed by atoms with van der Waals surface area (Å²) in [6.45, 7) is 0.364. The van der Waals surface area contributed by atoms with Gasteiger partial charge >= 0.3 is 5.97 Å². The summed E-state index contributed by atoms with van der Waals surface area (Å²) in [5.41, 5.74) is 0. The van der Waals surface area contributed by atoms with Crippen LogP contribution in [0.15, 0.2) is 28.7 Å². The van der Waals surface area contributed by atoms with Crippen molar-refractivity contribution in [2.75, 3.05) is 26.0 Å². The van der Waals surface area contributed by atoms with Crippen molar-refractivity contribution >= 4 is 31.9 Å². The Labute approximate surface area is 126 Å². The van der Waals surface area contributed by atoms with Gasteiger partial charge in [0.25, 0.3) is 0 Å². The number of nitrogens with zero attached hydrogens (tertiary/aromatic N) is 1. The molecule has 112 valence electrons. The van der Waals surface area contributed by atoms with Crippen molar-refractivity contribution in [1.82, 2.24) is 4.31 Å². The second kappa shape index (κ2) is 7.61. The van der Waals surface area contributed by atoms with Crippen LogP contribution < -0.4 is 4.74 Å². The van der Waals surface area contributed by atoms with Gasteiger partial charge in [0.15, 0.2) is 0 Å². The van der Waals surface area contributed by atoms with E-state index in [9.17, 15) is 13.2 Å². The minimum atomic E-state index is -3.55. The largest absolute Gasteiger partial charge is 0.492 e. The van der Waals surface area contributed by atoms with E-state index in [2.05, 4.69) is 15.9 Å². The van der Waals surface area contributed by atoms with Crippen molar-refractivity contribution in [2.45, 2.75) is 6.42 Å². The number of carboxylic acid groups (broad SMARTS) is 1. The lowest BCUT2D eigenvalue weighted by molar-refractivity contribution is -0.136. The molecule has 0 aromatic heterocycles. The third-order valence-corrected chi connectivity index (χ3v) is 4.92. The predicted molar refractivity (Wildman–Crippen MR) is 78.3 cm³/mol. The van der Waals surface area contributed by atoms with Crippen LogP contribution >= 0.6 is 15.9 Å². The second-order valence-electron chi connectivity index (χ2n) is 4.08. The Hall–Kier alpha value is -1.12. The maximum Gasteiger partial charge on any atom is 0.304 e. The van der Waals surface area contributed by atoms with Gasteiger partial charge in [0.2, 0.25) is 10.0 Å². The number of carbonyl (C=O) groups is 1. The zero-order valence-corrected chi connectivity index (χ0v) is 13.4. The zero-order chi connectivity index (χ0) is 15.2. The van der Waals surface area contributed by atoms with Crippen LogP contribution in [0.3, 0.4) is 0 Å². The molecule has 0 aliphatic rings. The first kappa shape index (κ1) is 16.9. The number of benzene rings is 1. The third-order valence-electron chi connectivity index (χ3n) is 2.54. The average Bonchev–Trinajstić information content (AvgIpc) is 2.38. The molecule has 0 unspecified atom stereocenters. The van der Waals surface area contributed by atoms with Gasteiger partial charge in [-0.3, -0.25) is 4.79 Å². The molecule has 0 saturated heterocycles. The normalized spacial score (nSPS) is 11.6. The third kappa shape index (κ3) is 5.89. The number of hydrogen-bond donors (Lipinski definition) is 1. The molecule has 0 atom stereocenters.